The van der Waals surface area contributed by atoms with Gasteiger partial charge in [0.25, 0.3) is 0 Å². The summed E-state index contributed by atoms with van der Waals surface area (Å²) in [5.74, 6) is 0.517. The monoisotopic (exact) mass is 157 g/mol. The van der Waals surface area contributed by atoms with Gasteiger partial charge in [0, 0.05) is 6.54 Å². The molecule has 2 N–H and O–H groups in total. The largest absolute Gasteiger partial charge is 0.393 e. The summed E-state index contributed by atoms with van der Waals surface area (Å²) in [5.41, 5.74) is 0. The molecule has 0 aromatic carbocycles. The summed E-state index contributed by atoms with van der Waals surface area (Å²) in [5, 5.41) is 12.9. The number of aliphatic hydroxyl groups is 1. The first kappa shape index (κ1) is 9.01. The fourth-order valence-corrected chi connectivity index (χ4v) is 1.74. The molecule has 0 aromatic rings. The Balaban J connectivity index is 2.21. The average Bonchev–Trinajstić information content (AvgIpc) is 2.07. The van der Waals surface area contributed by atoms with E-state index >= 15 is 0 Å². The Bertz CT molecular complexity index is 99.7. The molecule has 2 unspecified atom stereocenters. The van der Waals surface area contributed by atoms with E-state index in [-0.39, 0.29) is 6.10 Å². The molecule has 66 valence electrons. The topological polar surface area (TPSA) is 32.3 Å². The molecule has 1 rings (SSSR count). The van der Waals surface area contributed by atoms with E-state index in [4.69, 9.17) is 0 Å². The van der Waals surface area contributed by atoms with Crippen LogP contribution in [0, 0.1) is 5.92 Å². The first-order chi connectivity index (χ1) is 5.34. The molecule has 0 amide bonds. The first-order valence-corrected chi connectivity index (χ1v) is 4.73. The van der Waals surface area contributed by atoms with Gasteiger partial charge in [-0.1, -0.05) is 13.3 Å². The molecule has 0 aromatic heterocycles. The van der Waals surface area contributed by atoms with Gasteiger partial charge in [-0.25, -0.2) is 0 Å². The Labute approximate surface area is 69.0 Å². The second-order valence-corrected chi connectivity index (χ2v) is 3.46. The van der Waals surface area contributed by atoms with Gasteiger partial charge < -0.3 is 10.4 Å². The Hall–Kier alpha value is -0.0800. The van der Waals surface area contributed by atoms with Crippen molar-refractivity contribution in [2.45, 2.75) is 38.7 Å². The summed E-state index contributed by atoms with van der Waals surface area (Å²) in [6, 6.07) is 0. The van der Waals surface area contributed by atoms with Crippen LogP contribution in [0.15, 0.2) is 0 Å². The van der Waals surface area contributed by atoms with Crippen molar-refractivity contribution < 1.29 is 5.11 Å². The van der Waals surface area contributed by atoms with Crippen LogP contribution in [0.4, 0.5) is 0 Å². The van der Waals surface area contributed by atoms with E-state index in [2.05, 4.69) is 12.2 Å². The van der Waals surface area contributed by atoms with Gasteiger partial charge in [0.2, 0.25) is 0 Å². The van der Waals surface area contributed by atoms with E-state index in [1.54, 1.807) is 0 Å². The van der Waals surface area contributed by atoms with E-state index in [0.29, 0.717) is 5.92 Å². The van der Waals surface area contributed by atoms with Crippen LogP contribution in [0.5, 0.6) is 0 Å². The summed E-state index contributed by atoms with van der Waals surface area (Å²) < 4.78 is 0. The molecule has 1 aliphatic rings. The van der Waals surface area contributed by atoms with Crippen molar-refractivity contribution in [1.29, 1.82) is 0 Å². The minimum absolute atomic E-state index is 0.0622. The molecule has 0 bridgehead atoms. The van der Waals surface area contributed by atoms with Crippen LogP contribution in [0.25, 0.3) is 0 Å². The molecule has 1 fully saturated rings. The Morgan fingerprint density at radius 2 is 2.45 bits per heavy atom. The lowest BCUT2D eigenvalue weighted by Gasteiger charge is -2.26. The third-order valence-electron chi connectivity index (χ3n) is 2.46. The van der Waals surface area contributed by atoms with Crippen LogP contribution in [-0.2, 0) is 0 Å². The predicted octanol–water partition coefficient (Wildman–Crippen LogP) is 1.15. The molecule has 0 saturated carbocycles. The van der Waals surface area contributed by atoms with Crippen LogP contribution < -0.4 is 5.32 Å². The Morgan fingerprint density at radius 1 is 1.64 bits per heavy atom. The zero-order chi connectivity index (χ0) is 8.10. The molecular weight excluding hydrogens is 138 g/mol. The van der Waals surface area contributed by atoms with Gasteiger partial charge in [0.1, 0.15) is 0 Å². The number of rotatable bonds is 3. The molecule has 2 heteroatoms. The lowest BCUT2D eigenvalue weighted by molar-refractivity contribution is 0.0835. The minimum atomic E-state index is -0.0622. The van der Waals surface area contributed by atoms with E-state index in [0.717, 1.165) is 25.9 Å². The number of hydrogen-bond acceptors (Lipinski definition) is 2. The molecule has 2 atom stereocenters. The van der Waals surface area contributed by atoms with Crippen LogP contribution in [0.2, 0.25) is 0 Å². The second-order valence-electron chi connectivity index (χ2n) is 3.46. The van der Waals surface area contributed by atoms with Gasteiger partial charge in [-0.05, 0) is 31.7 Å². The molecule has 1 aliphatic heterocycles. The summed E-state index contributed by atoms with van der Waals surface area (Å²) in [6.45, 7) is 4.27. The fraction of sp³-hybridized carbons (Fsp3) is 1.00. The molecule has 11 heavy (non-hydrogen) atoms. The normalized spacial score (nSPS) is 28.4. The molecule has 0 spiro atoms. The SMILES string of the molecule is CCCC(O)C1CCCNC1. The van der Waals surface area contributed by atoms with Gasteiger partial charge in [-0.15, -0.1) is 0 Å². The van der Waals surface area contributed by atoms with Gasteiger partial charge in [0.05, 0.1) is 6.10 Å². The molecule has 0 radical (unpaired) electrons. The third-order valence-corrected chi connectivity index (χ3v) is 2.46. The van der Waals surface area contributed by atoms with Gasteiger partial charge >= 0.3 is 0 Å². The number of piperidine rings is 1. The molecule has 2 nitrogen and oxygen atoms in total. The molecule has 1 heterocycles. The van der Waals surface area contributed by atoms with Crippen molar-refractivity contribution in [1.82, 2.24) is 5.32 Å². The van der Waals surface area contributed by atoms with Gasteiger partial charge in [-0.2, -0.15) is 0 Å². The summed E-state index contributed by atoms with van der Waals surface area (Å²) >= 11 is 0. The first-order valence-electron chi connectivity index (χ1n) is 4.73. The Kier molecular flexibility index (Phi) is 3.87. The van der Waals surface area contributed by atoms with E-state index < -0.39 is 0 Å². The maximum Gasteiger partial charge on any atom is 0.0580 e. The van der Waals surface area contributed by atoms with Crippen molar-refractivity contribution in [3.63, 3.8) is 0 Å². The molecular formula is C9H19NO. The second kappa shape index (κ2) is 4.73. The van der Waals surface area contributed by atoms with Crippen LogP contribution >= 0.6 is 0 Å². The lowest BCUT2D eigenvalue weighted by atomic mass is 9.91. The van der Waals surface area contributed by atoms with Gasteiger partial charge in [-0.3, -0.25) is 0 Å². The summed E-state index contributed by atoms with van der Waals surface area (Å²) in [4.78, 5) is 0. The Morgan fingerprint density at radius 3 is 3.00 bits per heavy atom. The quantitative estimate of drug-likeness (QED) is 0.644. The van der Waals surface area contributed by atoms with Crippen molar-refractivity contribution in [3.05, 3.63) is 0 Å². The number of nitrogens with one attached hydrogen (secondary N) is 1. The number of hydrogen-bond donors (Lipinski definition) is 2. The fourth-order valence-electron chi connectivity index (χ4n) is 1.74. The van der Waals surface area contributed by atoms with E-state index in [1.807, 2.05) is 0 Å². The van der Waals surface area contributed by atoms with Crippen molar-refractivity contribution in [2.75, 3.05) is 13.1 Å². The predicted molar refractivity (Wildman–Crippen MR) is 46.5 cm³/mol. The highest BCUT2D eigenvalue weighted by atomic mass is 16.3. The summed E-state index contributed by atoms with van der Waals surface area (Å²) in [7, 11) is 0. The minimum Gasteiger partial charge on any atom is -0.393 e. The van der Waals surface area contributed by atoms with E-state index in [1.165, 1.54) is 12.8 Å². The van der Waals surface area contributed by atoms with Gasteiger partial charge in [0.15, 0.2) is 0 Å². The molecule has 0 aliphatic carbocycles. The smallest absolute Gasteiger partial charge is 0.0580 e. The van der Waals surface area contributed by atoms with Crippen LogP contribution in [-0.4, -0.2) is 24.3 Å². The van der Waals surface area contributed by atoms with Crippen molar-refractivity contribution in [3.8, 4) is 0 Å². The highest BCUT2D eigenvalue weighted by molar-refractivity contribution is 4.75. The average molecular weight is 157 g/mol. The standard InChI is InChI=1S/C9H19NO/c1-2-4-9(11)8-5-3-6-10-7-8/h8-11H,2-7H2,1H3. The van der Waals surface area contributed by atoms with Crippen LogP contribution in [0.3, 0.4) is 0 Å². The molecule has 1 saturated heterocycles. The maximum absolute atomic E-state index is 9.63. The lowest BCUT2D eigenvalue weighted by Crippen LogP contribution is -2.36. The van der Waals surface area contributed by atoms with E-state index in [9.17, 15) is 5.11 Å². The third kappa shape index (κ3) is 2.80. The van der Waals surface area contributed by atoms with Crippen LogP contribution in [0.1, 0.15) is 32.6 Å². The summed E-state index contributed by atoms with van der Waals surface area (Å²) in [6.07, 6.45) is 4.43. The highest BCUT2D eigenvalue weighted by Crippen LogP contribution is 2.17. The van der Waals surface area contributed by atoms with Crippen molar-refractivity contribution >= 4 is 0 Å². The highest BCUT2D eigenvalue weighted by Gasteiger charge is 2.19. The zero-order valence-corrected chi connectivity index (χ0v) is 7.34. The number of aliphatic hydroxyl groups excluding tert-OH is 1. The zero-order valence-electron chi connectivity index (χ0n) is 7.34. The maximum atomic E-state index is 9.63. The van der Waals surface area contributed by atoms with Crippen molar-refractivity contribution in [2.24, 2.45) is 5.92 Å².